The molecule has 0 radical (unpaired) electrons. The quantitative estimate of drug-likeness (QED) is 0.390. The molecule has 0 unspecified atom stereocenters. The van der Waals surface area contributed by atoms with Gasteiger partial charge in [-0.05, 0) is 30.5 Å². The van der Waals surface area contributed by atoms with Crippen LogP contribution in [0.25, 0.3) is 0 Å². The van der Waals surface area contributed by atoms with Gasteiger partial charge in [0.25, 0.3) is 0 Å². The standard InChI is InChI=1S/C17H26N4O.HI/c1-13(22)20-16-10-6-7-14(11-16)12-19-17(18-2)21-15-8-4-3-5-9-15;/h6-7,10-11,15H,3-5,8-9,12H2,1-2H3,(H,20,22)(H2,18,19,21);1H. The Hall–Kier alpha value is -1.31. The summed E-state index contributed by atoms with van der Waals surface area (Å²) in [6.07, 6.45) is 6.39. The van der Waals surface area contributed by atoms with Crippen molar-refractivity contribution in [1.29, 1.82) is 0 Å². The predicted molar refractivity (Wildman–Crippen MR) is 106 cm³/mol. The van der Waals surface area contributed by atoms with Crippen LogP contribution in [0.15, 0.2) is 29.3 Å². The fraction of sp³-hybridized carbons (Fsp3) is 0.529. The molecule has 6 heteroatoms. The highest BCUT2D eigenvalue weighted by molar-refractivity contribution is 14.0. The molecule has 3 N–H and O–H groups in total. The molecule has 1 saturated carbocycles. The summed E-state index contributed by atoms with van der Waals surface area (Å²) < 4.78 is 0. The zero-order valence-electron chi connectivity index (χ0n) is 13.9. The van der Waals surface area contributed by atoms with Gasteiger partial charge in [-0.25, -0.2) is 0 Å². The van der Waals surface area contributed by atoms with E-state index in [9.17, 15) is 4.79 Å². The molecular formula is C17H27IN4O. The summed E-state index contributed by atoms with van der Waals surface area (Å²) in [6.45, 7) is 2.20. The third-order valence-corrected chi connectivity index (χ3v) is 3.88. The molecule has 0 aromatic heterocycles. The Morgan fingerprint density at radius 3 is 2.65 bits per heavy atom. The summed E-state index contributed by atoms with van der Waals surface area (Å²) in [4.78, 5) is 15.4. The van der Waals surface area contributed by atoms with Crippen molar-refractivity contribution < 1.29 is 4.79 Å². The minimum atomic E-state index is -0.0557. The van der Waals surface area contributed by atoms with Gasteiger partial charge in [0.05, 0.1) is 0 Å². The number of guanidine groups is 1. The lowest BCUT2D eigenvalue weighted by atomic mass is 9.96. The largest absolute Gasteiger partial charge is 0.354 e. The maximum atomic E-state index is 11.1. The van der Waals surface area contributed by atoms with Gasteiger partial charge in [0.1, 0.15) is 0 Å². The smallest absolute Gasteiger partial charge is 0.221 e. The van der Waals surface area contributed by atoms with Gasteiger partial charge in [0, 0.05) is 32.2 Å². The number of carbonyl (C=O) groups excluding carboxylic acids is 1. The van der Waals surface area contributed by atoms with Crippen molar-refractivity contribution in [2.45, 2.75) is 51.6 Å². The van der Waals surface area contributed by atoms with Crippen LogP contribution in [0.5, 0.6) is 0 Å². The Bertz CT molecular complexity index is 527. The Labute approximate surface area is 155 Å². The van der Waals surface area contributed by atoms with Crippen molar-refractivity contribution in [3.8, 4) is 0 Å². The monoisotopic (exact) mass is 430 g/mol. The number of hydrogen-bond acceptors (Lipinski definition) is 2. The van der Waals surface area contributed by atoms with E-state index in [1.807, 2.05) is 24.3 Å². The highest BCUT2D eigenvalue weighted by Gasteiger charge is 2.14. The molecule has 0 heterocycles. The van der Waals surface area contributed by atoms with Crippen LogP contribution in [-0.2, 0) is 11.3 Å². The van der Waals surface area contributed by atoms with Crippen LogP contribution in [0, 0.1) is 0 Å². The fourth-order valence-electron chi connectivity index (χ4n) is 2.78. The number of halogens is 1. The van der Waals surface area contributed by atoms with Gasteiger partial charge in [-0.2, -0.15) is 0 Å². The van der Waals surface area contributed by atoms with Crippen LogP contribution in [-0.4, -0.2) is 25.0 Å². The second-order valence-electron chi connectivity index (χ2n) is 5.79. The van der Waals surface area contributed by atoms with Crippen LogP contribution >= 0.6 is 24.0 Å². The maximum absolute atomic E-state index is 11.1. The van der Waals surface area contributed by atoms with E-state index in [-0.39, 0.29) is 29.9 Å². The number of carbonyl (C=O) groups is 1. The van der Waals surface area contributed by atoms with Crippen molar-refractivity contribution in [2.24, 2.45) is 4.99 Å². The first kappa shape index (κ1) is 19.7. The van der Waals surface area contributed by atoms with Crippen molar-refractivity contribution in [2.75, 3.05) is 12.4 Å². The molecule has 1 fully saturated rings. The van der Waals surface area contributed by atoms with Gasteiger partial charge in [-0.15, -0.1) is 24.0 Å². The molecule has 1 aromatic rings. The Morgan fingerprint density at radius 2 is 2.00 bits per heavy atom. The minimum absolute atomic E-state index is 0. The molecule has 0 atom stereocenters. The van der Waals surface area contributed by atoms with Crippen LogP contribution in [0.4, 0.5) is 5.69 Å². The summed E-state index contributed by atoms with van der Waals surface area (Å²) in [6, 6.07) is 8.37. The van der Waals surface area contributed by atoms with E-state index in [2.05, 4.69) is 20.9 Å². The number of rotatable bonds is 4. The topological polar surface area (TPSA) is 65.5 Å². The number of nitrogens with zero attached hydrogens (tertiary/aromatic N) is 1. The fourth-order valence-corrected chi connectivity index (χ4v) is 2.78. The molecule has 0 aliphatic heterocycles. The van der Waals surface area contributed by atoms with Gasteiger partial charge in [0.15, 0.2) is 5.96 Å². The van der Waals surface area contributed by atoms with E-state index in [1.165, 1.54) is 39.0 Å². The van der Waals surface area contributed by atoms with Crippen LogP contribution in [0.2, 0.25) is 0 Å². The number of amides is 1. The summed E-state index contributed by atoms with van der Waals surface area (Å²) in [7, 11) is 1.80. The Morgan fingerprint density at radius 1 is 1.26 bits per heavy atom. The molecule has 128 valence electrons. The lowest BCUT2D eigenvalue weighted by Crippen LogP contribution is -2.43. The zero-order chi connectivity index (χ0) is 15.8. The zero-order valence-corrected chi connectivity index (χ0v) is 16.2. The second kappa shape index (κ2) is 10.5. The molecular weight excluding hydrogens is 403 g/mol. The molecule has 2 rings (SSSR count). The van der Waals surface area contributed by atoms with Gasteiger partial charge < -0.3 is 16.0 Å². The van der Waals surface area contributed by atoms with E-state index in [0.29, 0.717) is 12.6 Å². The van der Waals surface area contributed by atoms with Crippen molar-refractivity contribution in [1.82, 2.24) is 10.6 Å². The molecule has 0 bridgehead atoms. The Balaban J connectivity index is 0.00000264. The van der Waals surface area contributed by atoms with Crippen LogP contribution < -0.4 is 16.0 Å². The highest BCUT2D eigenvalue weighted by atomic mass is 127. The number of anilines is 1. The second-order valence-corrected chi connectivity index (χ2v) is 5.79. The molecule has 1 aliphatic rings. The third kappa shape index (κ3) is 7.20. The molecule has 1 amide bonds. The first-order valence-corrected chi connectivity index (χ1v) is 8.01. The van der Waals surface area contributed by atoms with E-state index in [0.717, 1.165) is 17.2 Å². The SMILES string of the molecule is CN=C(NCc1cccc(NC(C)=O)c1)NC1CCCCC1.I. The molecule has 5 nitrogen and oxygen atoms in total. The average Bonchev–Trinajstić information content (AvgIpc) is 2.52. The molecule has 1 aromatic carbocycles. The summed E-state index contributed by atoms with van der Waals surface area (Å²) in [5.74, 6) is 0.789. The maximum Gasteiger partial charge on any atom is 0.221 e. The van der Waals surface area contributed by atoms with E-state index in [4.69, 9.17) is 0 Å². The van der Waals surface area contributed by atoms with Crippen molar-refractivity contribution >= 4 is 41.5 Å². The predicted octanol–water partition coefficient (Wildman–Crippen LogP) is 3.26. The summed E-state index contributed by atoms with van der Waals surface area (Å²) in [5, 5.41) is 9.63. The lowest BCUT2D eigenvalue weighted by molar-refractivity contribution is -0.114. The normalized spacial score (nSPS) is 15.5. The van der Waals surface area contributed by atoms with Crippen molar-refractivity contribution in [3.05, 3.63) is 29.8 Å². The van der Waals surface area contributed by atoms with Gasteiger partial charge in [0.2, 0.25) is 5.91 Å². The number of nitrogens with one attached hydrogen (secondary N) is 3. The Kier molecular flexibility index (Phi) is 8.98. The first-order valence-electron chi connectivity index (χ1n) is 8.01. The van der Waals surface area contributed by atoms with Gasteiger partial charge in [-0.1, -0.05) is 31.4 Å². The van der Waals surface area contributed by atoms with Gasteiger partial charge >= 0.3 is 0 Å². The van der Waals surface area contributed by atoms with Crippen molar-refractivity contribution in [3.63, 3.8) is 0 Å². The van der Waals surface area contributed by atoms with E-state index >= 15 is 0 Å². The number of aliphatic imine (C=N–C) groups is 1. The lowest BCUT2D eigenvalue weighted by Gasteiger charge is -2.24. The van der Waals surface area contributed by atoms with E-state index in [1.54, 1.807) is 7.05 Å². The summed E-state index contributed by atoms with van der Waals surface area (Å²) >= 11 is 0. The summed E-state index contributed by atoms with van der Waals surface area (Å²) in [5.41, 5.74) is 1.93. The van der Waals surface area contributed by atoms with Crippen LogP contribution in [0.3, 0.4) is 0 Å². The molecule has 1 aliphatic carbocycles. The minimum Gasteiger partial charge on any atom is -0.354 e. The van der Waals surface area contributed by atoms with Gasteiger partial charge in [-0.3, -0.25) is 9.79 Å². The highest BCUT2D eigenvalue weighted by Crippen LogP contribution is 2.17. The third-order valence-electron chi connectivity index (χ3n) is 3.88. The average molecular weight is 430 g/mol. The number of hydrogen-bond donors (Lipinski definition) is 3. The molecule has 23 heavy (non-hydrogen) atoms. The van der Waals surface area contributed by atoms with E-state index < -0.39 is 0 Å². The first-order chi connectivity index (χ1) is 10.7. The molecule has 0 saturated heterocycles. The number of benzene rings is 1. The molecule has 0 spiro atoms. The van der Waals surface area contributed by atoms with Crippen LogP contribution in [0.1, 0.15) is 44.6 Å².